The molecule has 0 amide bonds. The summed E-state index contributed by atoms with van der Waals surface area (Å²) in [7, 11) is 1.37. The van der Waals surface area contributed by atoms with Gasteiger partial charge in [-0.25, -0.2) is 9.78 Å². The molecule has 1 aromatic heterocycles. The van der Waals surface area contributed by atoms with E-state index in [9.17, 15) is 9.18 Å². The average molecular weight is 233 g/mol. The third-order valence-electron chi connectivity index (χ3n) is 1.82. The number of methoxy groups -OCH3 is 1. The van der Waals surface area contributed by atoms with Gasteiger partial charge in [-0.15, -0.1) is 0 Å². The van der Waals surface area contributed by atoms with Gasteiger partial charge in [0.2, 0.25) is 5.95 Å². The maximum absolute atomic E-state index is 11.8. The first kappa shape index (κ1) is 12.8. The molecule has 0 fully saturated rings. The van der Waals surface area contributed by atoms with Crippen LogP contribution in [0, 0.1) is 5.95 Å². The minimum Gasteiger partial charge on any atom is -0.465 e. The van der Waals surface area contributed by atoms with E-state index in [0.717, 1.165) is 0 Å². The van der Waals surface area contributed by atoms with Crippen molar-refractivity contribution in [1.82, 2.24) is 4.98 Å². The van der Waals surface area contributed by atoms with Crippen LogP contribution < -0.4 is 0 Å². The predicted molar refractivity (Wildman–Crippen MR) is 62.0 cm³/mol. The van der Waals surface area contributed by atoms with E-state index in [1.807, 2.05) is 6.07 Å². The maximum atomic E-state index is 11.8. The minimum atomic E-state index is -0.428. The molecule has 1 aromatic carbocycles. The molecule has 0 radical (unpaired) electrons. The van der Waals surface area contributed by atoms with Crippen LogP contribution in [0.4, 0.5) is 4.39 Å². The SMILES string of the molecule is COC(=O)c1ccccc1.Fc1ccccn1. The molecule has 0 aliphatic rings. The van der Waals surface area contributed by atoms with E-state index in [2.05, 4.69) is 9.72 Å². The van der Waals surface area contributed by atoms with Crippen LogP contribution in [-0.2, 0) is 4.74 Å². The first-order valence-corrected chi connectivity index (χ1v) is 4.94. The molecule has 0 bridgehead atoms. The number of hydrogen-bond donors (Lipinski definition) is 0. The summed E-state index contributed by atoms with van der Waals surface area (Å²) in [6.07, 6.45) is 1.41. The number of hydrogen-bond acceptors (Lipinski definition) is 3. The molecular formula is C13H12FNO2. The van der Waals surface area contributed by atoms with Gasteiger partial charge in [-0.3, -0.25) is 0 Å². The second-order valence-corrected chi connectivity index (χ2v) is 3.01. The standard InChI is InChI=1S/C8H8O2.C5H4FN/c1-10-8(9)7-5-3-2-4-6-7;6-5-3-1-2-4-7-5/h2-6H,1H3;1-4H. The summed E-state index contributed by atoms with van der Waals surface area (Å²) in [5.74, 6) is -0.719. The van der Waals surface area contributed by atoms with E-state index in [-0.39, 0.29) is 5.97 Å². The summed E-state index contributed by atoms with van der Waals surface area (Å²) in [6.45, 7) is 0. The highest BCUT2D eigenvalue weighted by molar-refractivity contribution is 5.89. The monoisotopic (exact) mass is 233 g/mol. The van der Waals surface area contributed by atoms with Crippen molar-refractivity contribution in [2.45, 2.75) is 0 Å². The van der Waals surface area contributed by atoms with Crippen LogP contribution in [0.3, 0.4) is 0 Å². The molecule has 4 heteroatoms. The third-order valence-corrected chi connectivity index (χ3v) is 1.82. The Morgan fingerprint density at radius 2 is 1.76 bits per heavy atom. The highest BCUT2D eigenvalue weighted by Crippen LogP contribution is 1.98. The quantitative estimate of drug-likeness (QED) is 0.561. The minimum absolute atomic E-state index is 0.291. The fraction of sp³-hybridized carbons (Fsp3) is 0.0769. The van der Waals surface area contributed by atoms with Gasteiger partial charge >= 0.3 is 5.97 Å². The molecule has 88 valence electrons. The van der Waals surface area contributed by atoms with Crippen molar-refractivity contribution in [3.05, 3.63) is 66.2 Å². The normalized spacial score (nSPS) is 8.82. The largest absolute Gasteiger partial charge is 0.465 e. The van der Waals surface area contributed by atoms with Crippen molar-refractivity contribution in [3.63, 3.8) is 0 Å². The van der Waals surface area contributed by atoms with Crippen molar-refractivity contribution >= 4 is 5.97 Å². The number of aromatic nitrogens is 1. The van der Waals surface area contributed by atoms with E-state index < -0.39 is 5.95 Å². The second-order valence-electron chi connectivity index (χ2n) is 3.01. The lowest BCUT2D eigenvalue weighted by Gasteiger charge is -1.95. The first-order chi connectivity index (χ1) is 8.24. The molecule has 0 aliphatic heterocycles. The molecule has 0 N–H and O–H groups in total. The molecule has 0 saturated carbocycles. The van der Waals surface area contributed by atoms with Gasteiger partial charge in [0, 0.05) is 6.20 Å². The Hall–Kier alpha value is -2.23. The van der Waals surface area contributed by atoms with Crippen LogP contribution in [-0.4, -0.2) is 18.1 Å². The lowest BCUT2D eigenvalue weighted by Crippen LogP contribution is -1.99. The molecule has 1 heterocycles. The molecule has 17 heavy (non-hydrogen) atoms. The summed E-state index contributed by atoms with van der Waals surface area (Å²) in [6, 6.07) is 13.5. The third kappa shape index (κ3) is 4.88. The molecular weight excluding hydrogens is 221 g/mol. The van der Waals surface area contributed by atoms with Gasteiger partial charge in [0.25, 0.3) is 0 Å². The zero-order valence-electron chi connectivity index (χ0n) is 9.34. The highest BCUT2D eigenvalue weighted by atomic mass is 19.1. The molecule has 0 unspecified atom stereocenters. The van der Waals surface area contributed by atoms with Crippen molar-refractivity contribution in [2.75, 3.05) is 7.11 Å². The van der Waals surface area contributed by atoms with Gasteiger partial charge in [0.05, 0.1) is 12.7 Å². The Bertz CT molecular complexity index is 445. The summed E-state index contributed by atoms with van der Waals surface area (Å²) in [5, 5.41) is 0. The van der Waals surface area contributed by atoms with Gasteiger partial charge < -0.3 is 4.74 Å². The number of carbonyl (C=O) groups is 1. The van der Waals surface area contributed by atoms with Crippen LogP contribution in [0.5, 0.6) is 0 Å². The fourth-order valence-corrected chi connectivity index (χ4v) is 1.03. The number of benzene rings is 1. The number of pyridine rings is 1. The molecule has 3 nitrogen and oxygen atoms in total. The number of halogens is 1. The summed E-state index contributed by atoms with van der Waals surface area (Å²) in [4.78, 5) is 14.1. The van der Waals surface area contributed by atoms with E-state index in [1.165, 1.54) is 19.4 Å². The van der Waals surface area contributed by atoms with Gasteiger partial charge in [-0.2, -0.15) is 4.39 Å². The van der Waals surface area contributed by atoms with Crippen LogP contribution in [0.2, 0.25) is 0 Å². The summed E-state index contributed by atoms with van der Waals surface area (Å²) >= 11 is 0. The van der Waals surface area contributed by atoms with Crippen LogP contribution in [0.1, 0.15) is 10.4 Å². The Labute approximate surface area is 98.9 Å². The van der Waals surface area contributed by atoms with Gasteiger partial charge in [-0.05, 0) is 24.3 Å². The number of rotatable bonds is 1. The maximum Gasteiger partial charge on any atom is 0.337 e. The van der Waals surface area contributed by atoms with Crippen molar-refractivity contribution in [1.29, 1.82) is 0 Å². The average Bonchev–Trinajstić information content (AvgIpc) is 2.40. The van der Waals surface area contributed by atoms with E-state index in [1.54, 1.807) is 36.4 Å². The Morgan fingerprint density at radius 3 is 2.18 bits per heavy atom. The highest BCUT2D eigenvalue weighted by Gasteiger charge is 2.00. The van der Waals surface area contributed by atoms with E-state index >= 15 is 0 Å². The van der Waals surface area contributed by atoms with Crippen LogP contribution >= 0.6 is 0 Å². The van der Waals surface area contributed by atoms with Crippen molar-refractivity contribution in [2.24, 2.45) is 0 Å². The van der Waals surface area contributed by atoms with E-state index in [4.69, 9.17) is 0 Å². The number of ether oxygens (including phenoxy) is 1. The zero-order chi connectivity index (χ0) is 12.5. The lowest BCUT2D eigenvalue weighted by atomic mass is 10.2. The van der Waals surface area contributed by atoms with Crippen LogP contribution in [0.25, 0.3) is 0 Å². The molecule has 0 spiro atoms. The Kier molecular flexibility index (Phi) is 5.37. The molecule has 0 atom stereocenters. The van der Waals surface area contributed by atoms with Gasteiger partial charge in [-0.1, -0.05) is 24.3 Å². The van der Waals surface area contributed by atoms with Crippen molar-refractivity contribution in [3.8, 4) is 0 Å². The van der Waals surface area contributed by atoms with Crippen molar-refractivity contribution < 1.29 is 13.9 Å². The predicted octanol–water partition coefficient (Wildman–Crippen LogP) is 2.69. The van der Waals surface area contributed by atoms with Gasteiger partial charge in [0.1, 0.15) is 0 Å². The molecule has 0 aliphatic carbocycles. The number of carbonyl (C=O) groups excluding carboxylic acids is 1. The second kappa shape index (κ2) is 7.11. The Balaban J connectivity index is 0.000000181. The number of nitrogens with zero attached hydrogens (tertiary/aromatic N) is 1. The Morgan fingerprint density at radius 1 is 1.12 bits per heavy atom. The fourth-order valence-electron chi connectivity index (χ4n) is 1.03. The molecule has 2 rings (SSSR count). The van der Waals surface area contributed by atoms with Crippen LogP contribution in [0.15, 0.2) is 54.7 Å². The summed E-state index contributed by atoms with van der Waals surface area (Å²) < 4.78 is 16.3. The lowest BCUT2D eigenvalue weighted by molar-refractivity contribution is 0.0600. The topological polar surface area (TPSA) is 39.2 Å². The van der Waals surface area contributed by atoms with E-state index in [0.29, 0.717) is 5.56 Å². The zero-order valence-corrected chi connectivity index (χ0v) is 9.34. The smallest absolute Gasteiger partial charge is 0.337 e. The number of esters is 1. The van der Waals surface area contributed by atoms with Gasteiger partial charge in [0.15, 0.2) is 0 Å². The first-order valence-electron chi connectivity index (χ1n) is 4.94. The molecule has 2 aromatic rings. The summed E-state index contributed by atoms with van der Waals surface area (Å²) in [5.41, 5.74) is 0.588. The molecule has 0 saturated heterocycles.